The maximum absolute atomic E-state index is 12.7. The van der Waals surface area contributed by atoms with Crippen molar-refractivity contribution in [1.82, 2.24) is 20.1 Å². The number of H-pyrrole nitrogens is 1. The van der Waals surface area contributed by atoms with Crippen molar-refractivity contribution in [2.24, 2.45) is 5.92 Å². The summed E-state index contributed by atoms with van der Waals surface area (Å²) in [5.41, 5.74) is 3.20. The molecule has 2 heterocycles. The van der Waals surface area contributed by atoms with Crippen LogP contribution in [-0.2, 0) is 6.54 Å². The van der Waals surface area contributed by atoms with Gasteiger partial charge in [-0.2, -0.15) is 5.10 Å². The van der Waals surface area contributed by atoms with Crippen LogP contribution in [0.25, 0.3) is 10.9 Å². The predicted molar refractivity (Wildman–Crippen MR) is 111 cm³/mol. The van der Waals surface area contributed by atoms with Crippen molar-refractivity contribution in [3.63, 3.8) is 0 Å². The molecule has 0 fully saturated rings. The normalized spacial score (nSPS) is 12.1. The number of ether oxygens (including phenoxy) is 3. The second-order valence-electron chi connectivity index (χ2n) is 7.21. The summed E-state index contributed by atoms with van der Waals surface area (Å²) in [7, 11) is 4.70. The van der Waals surface area contributed by atoms with Gasteiger partial charge < -0.3 is 24.5 Å². The van der Waals surface area contributed by atoms with Crippen molar-refractivity contribution in [3.05, 3.63) is 35.3 Å². The summed E-state index contributed by atoms with van der Waals surface area (Å²) >= 11 is 0. The number of methoxy groups -OCH3 is 3. The van der Waals surface area contributed by atoms with E-state index in [4.69, 9.17) is 14.2 Å². The second-order valence-corrected chi connectivity index (χ2v) is 7.21. The van der Waals surface area contributed by atoms with E-state index in [1.165, 1.54) is 0 Å². The van der Waals surface area contributed by atoms with Gasteiger partial charge in [0.05, 0.1) is 32.5 Å². The van der Waals surface area contributed by atoms with E-state index in [0.29, 0.717) is 35.0 Å². The third kappa shape index (κ3) is 4.16. The number of aromatic amines is 1. The first-order valence-corrected chi connectivity index (χ1v) is 9.48. The number of hydrogen-bond donors (Lipinski definition) is 2. The number of benzene rings is 1. The average molecular weight is 400 g/mol. The van der Waals surface area contributed by atoms with Gasteiger partial charge in [0.15, 0.2) is 11.5 Å². The average Bonchev–Trinajstić information content (AvgIpc) is 3.27. The Morgan fingerprint density at radius 2 is 1.86 bits per heavy atom. The molecule has 1 atom stereocenters. The first-order chi connectivity index (χ1) is 13.9. The van der Waals surface area contributed by atoms with Crippen molar-refractivity contribution in [2.45, 2.75) is 27.3 Å². The van der Waals surface area contributed by atoms with Crippen LogP contribution in [0.15, 0.2) is 18.2 Å². The van der Waals surface area contributed by atoms with Crippen LogP contribution >= 0.6 is 0 Å². The molecular formula is C21H28N4O4. The SMILES string of the molecule is COc1cc(OC)c2cc(C(=O)NCC(C)Cn3nc(C)cc3C)[nH]c2c1OC. The Labute approximate surface area is 170 Å². The van der Waals surface area contributed by atoms with Crippen LogP contribution in [0.4, 0.5) is 0 Å². The number of aromatic nitrogens is 3. The van der Waals surface area contributed by atoms with Gasteiger partial charge in [-0.05, 0) is 31.9 Å². The van der Waals surface area contributed by atoms with Crippen LogP contribution in [-0.4, -0.2) is 48.5 Å². The predicted octanol–water partition coefficient (Wildman–Crippen LogP) is 3.07. The van der Waals surface area contributed by atoms with E-state index >= 15 is 0 Å². The Hall–Kier alpha value is -3.16. The number of carbonyl (C=O) groups is 1. The van der Waals surface area contributed by atoms with E-state index in [1.54, 1.807) is 33.5 Å². The third-order valence-corrected chi connectivity index (χ3v) is 4.88. The highest BCUT2D eigenvalue weighted by Crippen LogP contribution is 2.41. The number of nitrogens with one attached hydrogen (secondary N) is 2. The highest BCUT2D eigenvalue weighted by Gasteiger charge is 2.20. The summed E-state index contributed by atoms with van der Waals surface area (Å²) in [5, 5.41) is 8.22. The molecule has 0 saturated heterocycles. The number of aryl methyl sites for hydroxylation is 2. The fourth-order valence-electron chi connectivity index (χ4n) is 3.44. The molecule has 0 radical (unpaired) electrons. The molecule has 0 aliphatic heterocycles. The van der Waals surface area contributed by atoms with Crippen molar-refractivity contribution < 1.29 is 19.0 Å². The minimum Gasteiger partial charge on any atom is -0.496 e. The molecule has 8 heteroatoms. The standard InChI is InChI=1S/C21H28N4O4/c1-12(11-25-14(3)7-13(2)24-25)10-22-21(26)16-8-15-17(27-4)9-18(28-5)20(29-6)19(15)23-16/h7-9,12,23H,10-11H2,1-6H3,(H,22,26). The Morgan fingerprint density at radius 1 is 1.14 bits per heavy atom. The van der Waals surface area contributed by atoms with Crippen LogP contribution in [0.2, 0.25) is 0 Å². The Balaban J connectivity index is 1.76. The lowest BCUT2D eigenvalue weighted by Crippen LogP contribution is -2.30. The van der Waals surface area contributed by atoms with Gasteiger partial charge in [0.1, 0.15) is 11.4 Å². The summed E-state index contributed by atoms with van der Waals surface area (Å²) in [4.78, 5) is 15.9. The smallest absolute Gasteiger partial charge is 0.267 e. The van der Waals surface area contributed by atoms with Crippen molar-refractivity contribution in [1.29, 1.82) is 0 Å². The molecule has 0 bridgehead atoms. The molecule has 156 valence electrons. The van der Waals surface area contributed by atoms with Crippen LogP contribution in [0.3, 0.4) is 0 Å². The quantitative estimate of drug-likeness (QED) is 0.606. The molecule has 0 aliphatic carbocycles. The highest BCUT2D eigenvalue weighted by atomic mass is 16.5. The zero-order chi connectivity index (χ0) is 21.1. The molecule has 3 rings (SSSR count). The van der Waals surface area contributed by atoms with Crippen LogP contribution in [0.5, 0.6) is 17.2 Å². The van der Waals surface area contributed by atoms with E-state index in [1.807, 2.05) is 24.6 Å². The molecule has 0 saturated carbocycles. The first kappa shape index (κ1) is 20.6. The van der Waals surface area contributed by atoms with E-state index in [0.717, 1.165) is 23.3 Å². The molecule has 0 spiro atoms. The Kier molecular flexibility index (Phi) is 6.00. The first-order valence-electron chi connectivity index (χ1n) is 9.48. The van der Waals surface area contributed by atoms with Gasteiger partial charge in [-0.25, -0.2) is 0 Å². The van der Waals surface area contributed by atoms with Gasteiger partial charge in [0.2, 0.25) is 0 Å². The largest absolute Gasteiger partial charge is 0.496 e. The molecule has 1 unspecified atom stereocenters. The number of fused-ring (bicyclic) bond motifs is 1. The van der Waals surface area contributed by atoms with Crippen molar-refractivity contribution in [3.8, 4) is 17.2 Å². The number of nitrogens with zero attached hydrogens (tertiary/aromatic N) is 2. The summed E-state index contributed by atoms with van der Waals surface area (Å²) < 4.78 is 18.2. The monoisotopic (exact) mass is 400 g/mol. The highest BCUT2D eigenvalue weighted by molar-refractivity contribution is 6.02. The zero-order valence-corrected chi connectivity index (χ0v) is 17.8. The lowest BCUT2D eigenvalue weighted by molar-refractivity contribution is 0.0942. The summed E-state index contributed by atoms with van der Waals surface area (Å²) in [6, 6.07) is 5.55. The van der Waals surface area contributed by atoms with Crippen LogP contribution < -0.4 is 19.5 Å². The Bertz CT molecular complexity index is 1020. The van der Waals surface area contributed by atoms with Gasteiger partial charge in [-0.15, -0.1) is 0 Å². The van der Waals surface area contributed by atoms with E-state index in [-0.39, 0.29) is 11.8 Å². The summed E-state index contributed by atoms with van der Waals surface area (Å²) in [6.07, 6.45) is 0. The molecule has 0 aliphatic rings. The van der Waals surface area contributed by atoms with Gasteiger partial charge in [-0.1, -0.05) is 6.92 Å². The topological polar surface area (TPSA) is 90.4 Å². The maximum atomic E-state index is 12.7. The number of carbonyl (C=O) groups excluding carboxylic acids is 1. The van der Waals surface area contributed by atoms with Gasteiger partial charge in [0.25, 0.3) is 5.91 Å². The number of hydrogen-bond acceptors (Lipinski definition) is 5. The van der Waals surface area contributed by atoms with E-state index < -0.39 is 0 Å². The second kappa shape index (κ2) is 8.46. The molecule has 2 aromatic heterocycles. The molecule has 2 N–H and O–H groups in total. The lowest BCUT2D eigenvalue weighted by atomic mass is 10.1. The number of amides is 1. The molecule has 3 aromatic rings. The van der Waals surface area contributed by atoms with Crippen LogP contribution in [0, 0.1) is 19.8 Å². The van der Waals surface area contributed by atoms with Gasteiger partial charge in [0, 0.05) is 30.2 Å². The molecule has 29 heavy (non-hydrogen) atoms. The molecule has 1 amide bonds. The summed E-state index contributed by atoms with van der Waals surface area (Å²) in [6.45, 7) is 7.36. The Morgan fingerprint density at radius 3 is 2.45 bits per heavy atom. The molecule has 1 aromatic carbocycles. The lowest BCUT2D eigenvalue weighted by Gasteiger charge is -2.13. The fraction of sp³-hybridized carbons (Fsp3) is 0.429. The van der Waals surface area contributed by atoms with Gasteiger partial charge in [-0.3, -0.25) is 9.48 Å². The van der Waals surface area contributed by atoms with Gasteiger partial charge >= 0.3 is 0 Å². The minimum atomic E-state index is -0.190. The molecule has 8 nitrogen and oxygen atoms in total. The molecular weight excluding hydrogens is 372 g/mol. The third-order valence-electron chi connectivity index (χ3n) is 4.88. The van der Waals surface area contributed by atoms with Crippen molar-refractivity contribution in [2.75, 3.05) is 27.9 Å². The van der Waals surface area contributed by atoms with E-state index in [9.17, 15) is 4.79 Å². The zero-order valence-electron chi connectivity index (χ0n) is 17.8. The number of rotatable bonds is 8. The van der Waals surface area contributed by atoms with Crippen molar-refractivity contribution >= 4 is 16.8 Å². The van der Waals surface area contributed by atoms with E-state index in [2.05, 4.69) is 22.3 Å². The maximum Gasteiger partial charge on any atom is 0.267 e. The fourth-order valence-corrected chi connectivity index (χ4v) is 3.44. The summed E-state index contributed by atoms with van der Waals surface area (Å²) in [5.74, 6) is 1.70. The van der Waals surface area contributed by atoms with Crippen LogP contribution in [0.1, 0.15) is 28.8 Å². The minimum absolute atomic E-state index is 0.190.